The average molecular weight is 409 g/mol. The van der Waals surface area contributed by atoms with Crippen molar-refractivity contribution in [3.05, 3.63) is 57.5 Å². The first-order valence-electron chi connectivity index (χ1n) is 10.2. The molecule has 2 aromatic heterocycles. The van der Waals surface area contributed by atoms with Crippen LogP contribution >= 0.6 is 0 Å². The molecule has 8 nitrogen and oxygen atoms in total. The van der Waals surface area contributed by atoms with Gasteiger partial charge in [0, 0.05) is 32.4 Å². The van der Waals surface area contributed by atoms with E-state index in [1.807, 2.05) is 60.7 Å². The second-order valence-corrected chi connectivity index (χ2v) is 7.74. The monoisotopic (exact) mass is 409 g/mol. The molecule has 4 rings (SSSR count). The second kappa shape index (κ2) is 8.31. The van der Waals surface area contributed by atoms with Crippen molar-refractivity contribution in [3.63, 3.8) is 0 Å². The molecule has 0 radical (unpaired) electrons. The van der Waals surface area contributed by atoms with Gasteiger partial charge in [0.15, 0.2) is 0 Å². The van der Waals surface area contributed by atoms with Crippen LogP contribution in [0.1, 0.15) is 16.8 Å². The predicted octanol–water partition coefficient (Wildman–Crippen LogP) is 1.50. The van der Waals surface area contributed by atoms with Crippen LogP contribution in [-0.4, -0.2) is 46.3 Å². The summed E-state index contributed by atoms with van der Waals surface area (Å²) < 4.78 is 8.75. The van der Waals surface area contributed by atoms with Crippen LogP contribution in [0.25, 0.3) is 11.0 Å². The average Bonchev–Trinajstić information content (AvgIpc) is 3.04. The highest BCUT2D eigenvalue weighted by atomic mass is 16.5. The van der Waals surface area contributed by atoms with Crippen LogP contribution in [0.3, 0.4) is 0 Å². The summed E-state index contributed by atoms with van der Waals surface area (Å²) in [4.78, 5) is 32.8. The van der Waals surface area contributed by atoms with Gasteiger partial charge in [-0.25, -0.2) is 4.98 Å². The van der Waals surface area contributed by atoms with Crippen molar-refractivity contribution in [2.75, 3.05) is 31.2 Å². The van der Waals surface area contributed by atoms with Crippen LogP contribution in [0.15, 0.2) is 35.1 Å². The smallest absolute Gasteiger partial charge is 0.279 e. The Morgan fingerprint density at radius 3 is 2.57 bits per heavy atom. The lowest BCUT2D eigenvalue weighted by Crippen LogP contribution is -2.42. The summed E-state index contributed by atoms with van der Waals surface area (Å²) in [5.74, 6) is 0.297. The summed E-state index contributed by atoms with van der Waals surface area (Å²) in [6, 6.07) is 9.90. The molecule has 0 saturated carbocycles. The molecule has 1 aliphatic heterocycles. The largest absolute Gasteiger partial charge is 0.378 e. The highest BCUT2D eigenvalue weighted by Gasteiger charge is 2.22. The molecule has 0 atom stereocenters. The third-order valence-corrected chi connectivity index (χ3v) is 5.57. The minimum absolute atomic E-state index is 0.0788. The van der Waals surface area contributed by atoms with Gasteiger partial charge in [-0.15, -0.1) is 0 Å². The van der Waals surface area contributed by atoms with E-state index in [2.05, 4.69) is 5.32 Å². The number of aryl methyl sites for hydroxylation is 3. The summed E-state index contributed by atoms with van der Waals surface area (Å²) in [5, 5.41) is 2.92. The Labute approximate surface area is 175 Å². The molecule has 0 bridgehead atoms. The van der Waals surface area contributed by atoms with Gasteiger partial charge in [-0.3, -0.25) is 14.2 Å². The van der Waals surface area contributed by atoms with Crippen LogP contribution < -0.4 is 15.8 Å². The third kappa shape index (κ3) is 3.95. The van der Waals surface area contributed by atoms with Gasteiger partial charge in [0.1, 0.15) is 12.1 Å². The molecule has 158 valence electrons. The number of carbonyl (C=O) groups excluding carboxylic acids is 1. The summed E-state index contributed by atoms with van der Waals surface area (Å²) in [6.07, 6.45) is 0. The Kier molecular flexibility index (Phi) is 5.59. The van der Waals surface area contributed by atoms with Crippen molar-refractivity contribution in [2.45, 2.75) is 26.9 Å². The summed E-state index contributed by atoms with van der Waals surface area (Å²) in [7, 11) is 1.84. The second-order valence-electron chi connectivity index (χ2n) is 7.74. The lowest BCUT2D eigenvalue weighted by molar-refractivity contribution is -0.121. The standard InChI is InChI=1S/C22H27N5O3/c1-15-4-6-17(7-5-15)13-23-19(28)14-27-21(29)20-18(12-16(2)25(20)3)24-22(27)26-8-10-30-11-9-26/h4-7,12H,8-11,13-14H2,1-3H3,(H,23,28). The lowest BCUT2D eigenvalue weighted by Gasteiger charge is -2.29. The van der Waals surface area contributed by atoms with Crippen molar-refractivity contribution in [2.24, 2.45) is 7.05 Å². The first kappa shape index (κ1) is 20.2. The van der Waals surface area contributed by atoms with Gasteiger partial charge >= 0.3 is 0 Å². The number of morpholine rings is 1. The lowest BCUT2D eigenvalue weighted by atomic mass is 10.1. The molecule has 0 spiro atoms. The number of rotatable bonds is 5. The first-order valence-corrected chi connectivity index (χ1v) is 10.2. The number of carbonyl (C=O) groups is 1. The fourth-order valence-corrected chi connectivity index (χ4v) is 3.69. The van der Waals surface area contributed by atoms with Gasteiger partial charge in [0.25, 0.3) is 5.56 Å². The van der Waals surface area contributed by atoms with E-state index in [9.17, 15) is 9.59 Å². The number of nitrogens with zero attached hydrogens (tertiary/aromatic N) is 4. The minimum atomic E-state index is -0.223. The molecule has 30 heavy (non-hydrogen) atoms. The van der Waals surface area contributed by atoms with Crippen LogP contribution in [0.2, 0.25) is 0 Å². The normalized spacial score (nSPS) is 14.3. The van der Waals surface area contributed by atoms with Gasteiger partial charge < -0.3 is 19.5 Å². The number of hydrogen-bond acceptors (Lipinski definition) is 5. The Morgan fingerprint density at radius 2 is 1.87 bits per heavy atom. The van der Waals surface area contributed by atoms with E-state index in [1.54, 1.807) is 0 Å². The van der Waals surface area contributed by atoms with Crippen LogP contribution in [0.5, 0.6) is 0 Å². The van der Waals surface area contributed by atoms with E-state index in [4.69, 9.17) is 9.72 Å². The Morgan fingerprint density at radius 1 is 1.17 bits per heavy atom. The van der Waals surface area contributed by atoms with E-state index >= 15 is 0 Å². The number of anilines is 1. The zero-order chi connectivity index (χ0) is 21.3. The number of nitrogens with one attached hydrogen (secondary N) is 1. The summed E-state index contributed by atoms with van der Waals surface area (Å²) in [5.41, 5.74) is 4.09. The van der Waals surface area contributed by atoms with Crippen molar-refractivity contribution >= 4 is 22.9 Å². The van der Waals surface area contributed by atoms with Crippen molar-refractivity contribution in [1.82, 2.24) is 19.4 Å². The number of hydrogen-bond donors (Lipinski definition) is 1. The molecule has 3 heterocycles. The van der Waals surface area contributed by atoms with E-state index in [1.165, 1.54) is 10.1 Å². The maximum atomic E-state index is 13.3. The van der Waals surface area contributed by atoms with E-state index in [0.29, 0.717) is 49.8 Å². The minimum Gasteiger partial charge on any atom is -0.378 e. The van der Waals surface area contributed by atoms with Gasteiger partial charge in [0.2, 0.25) is 11.9 Å². The van der Waals surface area contributed by atoms with Crippen molar-refractivity contribution < 1.29 is 9.53 Å². The zero-order valence-corrected chi connectivity index (χ0v) is 17.6. The maximum absolute atomic E-state index is 13.3. The molecule has 1 N–H and O–H groups in total. The highest BCUT2D eigenvalue weighted by molar-refractivity contribution is 5.80. The van der Waals surface area contributed by atoms with Crippen LogP contribution in [0.4, 0.5) is 5.95 Å². The highest BCUT2D eigenvalue weighted by Crippen LogP contribution is 2.19. The van der Waals surface area contributed by atoms with E-state index in [-0.39, 0.29) is 18.0 Å². The molecule has 1 fully saturated rings. The Bertz CT molecular complexity index is 1120. The third-order valence-electron chi connectivity index (χ3n) is 5.57. The summed E-state index contributed by atoms with van der Waals surface area (Å²) >= 11 is 0. The Balaban J connectivity index is 1.64. The maximum Gasteiger partial charge on any atom is 0.279 e. The fourth-order valence-electron chi connectivity index (χ4n) is 3.69. The molecule has 1 amide bonds. The van der Waals surface area contributed by atoms with Gasteiger partial charge in [-0.2, -0.15) is 0 Å². The molecule has 0 unspecified atom stereocenters. The van der Waals surface area contributed by atoms with Gasteiger partial charge in [-0.05, 0) is 25.5 Å². The SMILES string of the molecule is Cc1ccc(CNC(=O)Cn2c(N3CCOCC3)nc3cc(C)n(C)c3c2=O)cc1. The van der Waals surface area contributed by atoms with Crippen LogP contribution in [0, 0.1) is 13.8 Å². The molecule has 8 heteroatoms. The van der Waals surface area contributed by atoms with E-state index < -0.39 is 0 Å². The molecular weight excluding hydrogens is 382 g/mol. The Hall–Kier alpha value is -3.13. The number of aromatic nitrogens is 3. The van der Waals surface area contributed by atoms with Gasteiger partial charge in [0.05, 0.1) is 18.7 Å². The zero-order valence-electron chi connectivity index (χ0n) is 17.6. The fraction of sp³-hybridized carbons (Fsp3) is 0.409. The number of benzene rings is 1. The molecule has 3 aromatic rings. The molecule has 1 aliphatic rings. The van der Waals surface area contributed by atoms with Crippen LogP contribution in [-0.2, 0) is 29.7 Å². The van der Waals surface area contributed by atoms with Crippen molar-refractivity contribution in [3.8, 4) is 0 Å². The topological polar surface area (TPSA) is 81.4 Å². The number of amides is 1. The number of fused-ring (bicyclic) bond motifs is 1. The molecule has 0 aliphatic carbocycles. The first-order chi connectivity index (χ1) is 14.4. The summed E-state index contributed by atoms with van der Waals surface area (Å²) in [6.45, 7) is 6.71. The van der Waals surface area contributed by atoms with Crippen molar-refractivity contribution in [1.29, 1.82) is 0 Å². The van der Waals surface area contributed by atoms with Gasteiger partial charge in [-0.1, -0.05) is 29.8 Å². The van der Waals surface area contributed by atoms with E-state index in [0.717, 1.165) is 11.3 Å². The number of ether oxygens (including phenoxy) is 1. The quantitative estimate of drug-likeness (QED) is 0.691. The predicted molar refractivity (Wildman–Crippen MR) is 116 cm³/mol. The molecule has 1 saturated heterocycles. The molecule has 1 aromatic carbocycles. The molecular formula is C22H27N5O3.